The molecule has 1 aliphatic carbocycles. The molecule has 2 aliphatic rings. The van der Waals surface area contributed by atoms with Crippen LogP contribution >= 0.6 is 0 Å². The number of amides is 1. The van der Waals surface area contributed by atoms with E-state index in [4.69, 9.17) is 5.73 Å². The number of nitrogens with two attached hydrogens (primary N) is 1. The van der Waals surface area contributed by atoms with E-state index in [1.807, 2.05) is 36.4 Å². The van der Waals surface area contributed by atoms with Crippen LogP contribution in [0.25, 0.3) is 10.9 Å². The molecule has 4 N–H and O–H groups in total. The summed E-state index contributed by atoms with van der Waals surface area (Å²) < 4.78 is 0. The fourth-order valence-electron chi connectivity index (χ4n) is 5.34. The van der Waals surface area contributed by atoms with Crippen LogP contribution in [0.4, 0.5) is 0 Å². The number of aliphatic hydroxyl groups is 1. The van der Waals surface area contributed by atoms with E-state index in [0.717, 1.165) is 80.2 Å². The molecule has 1 aliphatic heterocycles. The molecule has 2 aromatic heterocycles. The van der Waals surface area contributed by atoms with Crippen molar-refractivity contribution in [2.45, 2.75) is 62.8 Å². The molecule has 1 amide bonds. The average Bonchev–Trinajstić information content (AvgIpc) is 2.87. The zero-order valence-corrected chi connectivity index (χ0v) is 19.5. The van der Waals surface area contributed by atoms with Gasteiger partial charge in [0.05, 0.1) is 17.7 Å². The number of hydrogen-bond donors (Lipinski definition) is 3. The first-order valence-electron chi connectivity index (χ1n) is 12.3. The third kappa shape index (κ3) is 4.82. The number of rotatable bonds is 5. The Morgan fingerprint density at radius 1 is 1.12 bits per heavy atom. The van der Waals surface area contributed by atoms with Gasteiger partial charge in [-0.2, -0.15) is 0 Å². The maximum atomic E-state index is 13.1. The van der Waals surface area contributed by atoms with Crippen molar-refractivity contribution >= 4 is 16.8 Å². The zero-order chi connectivity index (χ0) is 23.5. The Hall–Kier alpha value is -2.87. The number of piperidine rings is 1. The summed E-state index contributed by atoms with van der Waals surface area (Å²) in [6, 6.07) is 13.7. The van der Waals surface area contributed by atoms with Crippen molar-refractivity contribution < 1.29 is 9.90 Å². The fraction of sp³-hybridized carbons (Fsp3) is 0.444. The molecule has 0 spiro atoms. The van der Waals surface area contributed by atoms with Gasteiger partial charge in [0, 0.05) is 43.0 Å². The quantitative estimate of drug-likeness (QED) is 0.542. The molecule has 178 valence electrons. The Morgan fingerprint density at radius 2 is 1.85 bits per heavy atom. The minimum absolute atomic E-state index is 0.203. The number of aromatic nitrogens is 2. The monoisotopic (exact) mass is 459 g/mol. The van der Waals surface area contributed by atoms with Crippen molar-refractivity contribution in [3.05, 3.63) is 71.7 Å². The largest absolute Gasteiger partial charge is 0.391 e. The molecule has 7 heteroatoms. The topological polar surface area (TPSA) is 104 Å². The van der Waals surface area contributed by atoms with Gasteiger partial charge in [-0.15, -0.1) is 0 Å². The Balaban J connectivity index is 1.33. The molecule has 5 rings (SSSR count). The minimum Gasteiger partial charge on any atom is -0.391 e. The highest BCUT2D eigenvalue weighted by Gasteiger charge is 2.32. The molecule has 2 fully saturated rings. The van der Waals surface area contributed by atoms with Crippen molar-refractivity contribution in [3.8, 4) is 0 Å². The van der Waals surface area contributed by atoms with Gasteiger partial charge in [-0.1, -0.05) is 31.0 Å². The fourth-order valence-corrected chi connectivity index (χ4v) is 5.34. The number of pyridine rings is 2. The highest BCUT2D eigenvalue weighted by atomic mass is 16.3. The first-order chi connectivity index (χ1) is 16.5. The standard InChI is InChI=1S/C27H33N5O2/c28-27(20-9-13-29-14-10-20)11-15-32(16-12-27)18-19-17-24(30-22-6-2-1-5-21(19)22)26(34)31-23-7-3-4-8-25(23)33/h1-2,5-6,9-10,13-14,17,23,25,33H,3-4,7-8,11-12,15-16,18,28H2,(H,31,34)/t23-,25-/m0/s1. The summed E-state index contributed by atoms with van der Waals surface area (Å²) in [5.41, 5.74) is 9.88. The van der Waals surface area contributed by atoms with E-state index in [-0.39, 0.29) is 17.5 Å². The number of benzene rings is 1. The minimum atomic E-state index is -0.483. The Labute approximate surface area is 200 Å². The molecule has 0 radical (unpaired) electrons. The summed E-state index contributed by atoms with van der Waals surface area (Å²) in [4.78, 5) is 24.2. The van der Waals surface area contributed by atoms with Gasteiger partial charge in [-0.05, 0) is 61.1 Å². The second kappa shape index (κ2) is 9.78. The Bertz CT molecular complexity index is 1140. The van der Waals surface area contributed by atoms with Gasteiger partial charge in [0.15, 0.2) is 0 Å². The summed E-state index contributed by atoms with van der Waals surface area (Å²) in [7, 11) is 0. The lowest BCUT2D eigenvalue weighted by Gasteiger charge is -2.39. The molecular formula is C27H33N5O2. The predicted octanol–water partition coefficient (Wildman–Crippen LogP) is 3.11. The molecule has 0 unspecified atom stereocenters. The molecule has 1 saturated carbocycles. The van der Waals surface area contributed by atoms with E-state index in [1.165, 1.54) is 0 Å². The molecule has 3 heterocycles. The molecule has 34 heavy (non-hydrogen) atoms. The zero-order valence-electron chi connectivity index (χ0n) is 19.5. The van der Waals surface area contributed by atoms with E-state index in [9.17, 15) is 9.90 Å². The predicted molar refractivity (Wildman–Crippen MR) is 132 cm³/mol. The first-order valence-corrected chi connectivity index (χ1v) is 12.3. The van der Waals surface area contributed by atoms with Gasteiger partial charge in [0.25, 0.3) is 5.91 Å². The molecule has 7 nitrogen and oxygen atoms in total. The van der Waals surface area contributed by atoms with Crippen LogP contribution in [-0.2, 0) is 12.1 Å². The van der Waals surface area contributed by atoms with Crippen LogP contribution in [0.5, 0.6) is 0 Å². The van der Waals surface area contributed by atoms with Crippen molar-refractivity contribution in [2.24, 2.45) is 5.73 Å². The summed E-state index contributed by atoms with van der Waals surface area (Å²) in [6.07, 6.45) is 8.43. The number of carbonyl (C=O) groups excluding carboxylic acids is 1. The number of likely N-dealkylation sites (tertiary alicyclic amines) is 1. The molecule has 1 aromatic carbocycles. The van der Waals surface area contributed by atoms with E-state index in [2.05, 4.69) is 26.3 Å². The highest BCUT2D eigenvalue weighted by Crippen LogP contribution is 2.31. The lowest BCUT2D eigenvalue weighted by atomic mass is 9.82. The van der Waals surface area contributed by atoms with Crippen molar-refractivity contribution in [3.63, 3.8) is 0 Å². The number of fused-ring (bicyclic) bond motifs is 1. The van der Waals surface area contributed by atoms with Crippen molar-refractivity contribution in [1.82, 2.24) is 20.2 Å². The van der Waals surface area contributed by atoms with Crippen LogP contribution < -0.4 is 11.1 Å². The van der Waals surface area contributed by atoms with E-state index < -0.39 is 6.10 Å². The summed E-state index contributed by atoms with van der Waals surface area (Å²) >= 11 is 0. The van der Waals surface area contributed by atoms with Gasteiger partial charge >= 0.3 is 0 Å². The van der Waals surface area contributed by atoms with Crippen LogP contribution in [0.3, 0.4) is 0 Å². The van der Waals surface area contributed by atoms with Crippen LogP contribution in [0, 0.1) is 0 Å². The maximum absolute atomic E-state index is 13.1. The number of carbonyl (C=O) groups is 1. The lowest BCUT2D eigenvalue weighted by molar-refractivity contribution is 0.0714. The van der Waals surface area contributed by atoms with Crippen LogP contribution in [0.1, 0.15) is 60.1 Å². The lowest BCUT2D eigenvalue weighted by Crippen LogP contribution is -2.47. The second-order valence-electron chi connectivity index (χ2n) is 9.78. The SMILES string of the molecule is NC1(c2ccncc2)CCN(Cc2cc(C(=O)N[C@H]3CCCC[C@@H]3O)nc3ccccc23)CC1. The van der Waals surface area contributed by atoms with Gasteiger partial charge in [0.1, 0.15) is 5.69 Å². The van der Waals surface area contributed by atoms with Gasteiger partial charge in [-0.3, -0.25) is 14.7 Å². The first kappa shape index (κ1) is 22.9. The van der Waals surface area contributed by atoms with Gasteiger partial charge in [0.2, 0.25) is 0 Å². The summed E-state index contributed by atoms with van der Waals surface area (Å²) in [5, 5.41) is 14.4. The van der Waals surface area contributed by atoms with Crippen LogP contribution in [0.2, 0.25) is 0 Å². The van der Waals surface area contributed by atoms with E-state index >= 15 is 0 Å². The van der Waals surface area contributed by atoms with Crippen LogP contribution in [0.15, 0.2) is 54.9 Å². The maximum Gasteiger partial charge on any atom is 0.270 e. The summed E-state index contributed by atoms with van der Waals surface area (Å²) in [5.74, 6) is -0.213. The number of nitrogens with zero attached hydrogens (tertiary/aromatic N) is 3. The number of nitrogens with one attached hydrogen (secondary N) is 1. The third-order valence-corrected chi connectivity index (χ3v) is 7.48. The number of hydrogen-bond acceptors (Lipinski definition) is 6. The Kier molecular flexibility index (Phi) is 6.59. The molecule has 3 aromatic rings. The van der Waals surface area contributed by atoms with Crippen molar-refractivity contribution in [2.75, 3.05) is 13.1 Å². The number of para-hydroxylation sites is 1. The van der Waals surface area contributed by atoms with Gasteiger partial charge in [-0.25, -0.2) is 4.98 Å². The van der Waals surface area contributed by atoms with E-state index in [0.29, 0.717) is 5.69 Å². The Morgan fingerprint density at radius 3 is 2.62 bits per heavy atom. The molecular weight excluding hydrogens is 426 g/mol. The van der Waals surface area contributed by atoms with Crippen molar-refractivity contribution in [1.29, 1.82) is 0 Å². The summed E-state index contributed by atoms with van der Waals surface area (Å²) in [6.45, 7) is 2.50. The second-order valence-corrected chi connectivity index (χ2v) is 9.78. The smallest absolute Gasteiger partial charge is 0.270 e. The molecule has 1 saturated heterocycles. The molecule has 2 atom stereocenters. The average molecular weight is 460 g/mol. The molecule has 0 bridgehead atoms. The highest BCUT2D eigenvalue weighted by molar-refractivity contribution is 5.96. The number of aliphatic hydroxyl groups excluding tert-OH is 1. The van der Waals surface area contributed by atoms with Crippen LogP contribution in [-0.4, -0.2) is 51.1 Å². The third-order valence-electron chi connectivity index (χ3n) is 7.48. The van der Waals surface area contributed by atoms with Gasteiger partial charge < -0.3 is 16.2 Å². The van der Waals surface area contributed by atoms with E-state index in [1.54, 1.807) is 12.4 Å². The normalized spacial score (nSPS) is 23.0.